The Morgan fingerprint density at radius 2 is 2.25 bits per heavy atom. The summed E-state index contributed by atoms with van der Waals surface area (Å²) in [5, 5.41) is 17.9. The number of thioether (sulfide) groups is 1. The largest absolute Gasteiger partial charge is 0.294 e. The maximum absolute atomic E-state index is 11.3. The third kappa shape index (κ3) is 2.59. The predicted molar refractivity (Wildman–Crippen MR) is 60.0 cm³/mol. The van der Waals surface area contributed by atoms with E-state index in [0.29, 0.717) is 21.8 Å². The molecule has 0 aromatic carbocycles. The van der Waals surface area contributed by atoms with Gasteiger partial charge in [0.1, 0.15) is 11.1 Å². The second kappa shape index (κ2) is 5.29. The van der Waals surface area contributed by atoms with Crippen LogP contribution in [0.15, 0.2) is 11.1 Å². The highest BCUT2D eigenvalue weighted by atomic mass is 32.2. The van der Waals surface area contributed by atoms with Crippen LogP contribution in [0.3, 0.4) is 0 Å². The lowest BCUT2D eigenvalue weighted by atomic mass is 10.1. The van der Waals surface area contributed by atoms with Crippen LogP contribution in [0.2, 0.25) is 0 Å². The number of hydrogen-bond donors (Lipinski definition) is 0. The van der Waals surface area contributed by atoms with E-state index in [9.17, 15) is 4.79 Å². The monoisotopic (exact) mass is 231 g/mol. The van der Waals surface area contributed by atoms with Gasteiger partial charge in [-0.3, -0.25) is 4.79 Å². The zero-order valence-corrected chi connectivity index (χ0v) is 9.76. The molecule has 1 heterocycles. The van der Waals surface area contributed by atoms with Crippen LogP contribution in [0.25, 0.3) is 0 Å². The van der Waals surface area contributed by atoms with Gasteiger partial charge in [0.15, 0.2) is 5.78 Å². The zero-order chi connectivity index (χ0) is 12.1. The number of Topliss-reactive ketones (excluding diaryl/α,β-unsaturated/α-hetero) is 1. The van der Waals surface area contributed by atoms with Crippen molar-refractivity contribution in [1.82, 2.24) is 4.98 Å². The fraction of sp³-hybridized carbons (Fsp3) is 0.273. The lowest BCUT2D eigenvalue weighted by molar-refractivity contribution is 0.101. The Labute approximate surface area is 97.9 Å². The first-order valence-electron chi connectivity index (χ1n) is 4.52. The summed E-state index contributed by atoms with van der Waals surface area (Å²) in [6.45, 7) is 3.15. The molecule has 0 amide bonds. The van der Waals surface area contributed by atoms with Gasteiger partial charge in [0.05, 0.1) is 17.4 Å². The first kappa shape index (κ1) is 12.2. The van der Waals surface area contributed by atoms with Gasteiger partial charge in [-0.2, -0.15) is 10.5 Å². The van der Waals surface area contributed by atoms with Crippen LogP contribution in [0.1, 0.15) is 28.5 Å². The molecule has 16 heavy (non-hydrogen) atoms. The summed E-state index contributed by atoms with van der Waals surface area (Å²) in [4.78, 5) is 15.4. The van der Waals surface area contributed by atoms with E-state index in [1.165, 1.54) is 24.8 Å². The van der Waals surface area contributed by atoms with Crippen molar-refractivity contribution >= 4 is 17.5 Å². The standard InChI is InChI=1S/C11H9N3OS/c1-7-10(8(2)15)5-9(6-13)11(14-7)16-4-3-12/h5H,4H2,1-2H3. The topological polar surface area (TPSA) is 77.5 Å². The number of nitrogens with zero attached hydrogens (tertiary/aromatic N) is 3. The first-order chi connectivity index (χ1) is 7.60. The van der Waals surface area contributed by atoms with Gasteiger partial charge in [0.2, 0.25) is 0 Å². The molecule has 1 aromatic rings. The van der Waals surface area contributed by atoms with E-state index in [4.69, 9.17) is 10.5 Å². The Kier molecular flexibility index (Phi) is 4.04. The maximum atomic E-state index is 11.3. The molecule has 0 radical (unpaired) electrons. The van der Waals surface area contributed by atoms with Crippen LogP contribution in [0, 0.1) is 29.6 Å². The summed E-state index contributed by atoms with van der Waals surface area (Å²) < 4.78 is 0. The number of aryl methyl sites for hydroxylation is 1. The second-order valence-corrected chi connectivity index (χ2v) is 4.05. The van der Waals surface area contributed by atoms with Crippen molar-refractivity contribution in [3.63, 3.8) is 0 Å². The Morgan fingerprint density at radius 3 is 2.75 bits per heavy atom. The van der Waals surface area contributed by atoms with Crippen LogP contribution < -0.4 is 0 Å². The number of carbonyl (C=O) groups excluding carboxylic acids is 1. The number of hydrogen-bond acceptors (Lipinski definition) is 5. The van der Waals surface area contributed by atoms with Crippen LogP contribution in [0.5, 0.6) is 0 Å². The average Bonchev–Trinajstić information content (AvgIpc) is 2.25. The Hall–Kier alpha value is -1.85. The number of ketones is 1. The van der Waals surface area contributed by atoms with E-state index >= 15 is 0 Å². The maximum Gasteiger partial charge on any atom is 0.161 e. The molecule has 0 N–H and O–H groups in total. The molecule has 0 saturated heterocycles. The van der Waals surface area contributed by atoms with Crippen molar-refractivity contribution in [1.29, 1.82) is 10.5 Å². The summed E-state index contributed by atoms with van der Waals surface area (Å²) in [5.74, 6) is 0.124. The second-order valence-electron chi connectivity index (χ2n) is 3.09. The van der Waals surface area contributed by atoms with Crippen molar-refractivity contribution in [2.45, 2.75) is 18.9 Å². The van der Waals surface area contributed by atoms with Crippen molar-refractivity contribution < 1.29 is 4.79 Å². The van der Waals surface area contributed by atoms with E-state index in [-0.39, 0.29) is 11.5 Å². The van der Waals surface area contributed by atoms with Crippen LogP contribution in [0.4, 0.5) is 0 Å². The molecule has 0 unspecified atom stereocenters. The third-order valence-electron chi connectivity index (χ3n) is 1.95. The molecule has 0 bridgehead atoms. The molecule has 0 fully saturated rings. The minimum atomic E-state index is -0.113. The van der Waals surface area contributed by atoms with Gasteiger partial charge in [-0.05, 0) is 19.9 Å². The van der Waals surface area contributed by atoms with E-state index in [0.717, 1.165) is 0 Å². The summed E-state index contributed by atoms with van der Waals surface area (Å²) in [6.07, 6.45) is 0. The average molecular weight is 231 g/mol. The number of nitriles is 2. The number of pyridine rings is 1. The summed E-state index contributed by atoms with van der Waals surface area (Å²) in [5.41, 5.74) is 1.39. The fourth-order valence-electron chi connectivity index (χ4n) is 1.23. The molecule has 1 aromatic heterocycles. The molecule has 5 heteroatoms. The van der Waals surface area contributed by atoms with Crippen LogP contribution in [-0.4, -0.2) is 16.5 Å². The Morgan fingerprint density at radius 1 is 1.56 bits per heavy atom. The van der Waals surface area contributed by atoms with E-state index in [1.807, 2.05) is 12.1 Å². The van der Waals surface area contributed by atoms with Crippen molar-refractivity contribution in [3.05, 3.63) is 22.9 Å². The van der Waals surface area contributed by atoms with E-state index in [2.05, 4.69) is 4.98 Å². The van der Waals surface area contributed by atoms with Crippen molar-refractivity contribution in [2.24, 2.45) is 0 Å². The quantitative estimate of drug-likeness (QED) is 0.588. The lowest BCUT2D eigenvalue weighted by Gasteiger charge is -2.05. The number of rotatable bonds is 3. The summed E-state index contributed by atoms with van der Waals surface area (Å²) in [7, 11) is 0. The summed E-state index contributed by atoms with van der Waals surface area (Å²) in [6, 6.07) is 5.49. The molecule has 1 rings (SSSR count). The molecule has 0 aliphatic carbocycles. The third-order valence-corrected chi connectivity index (χ3v) is 2.81. The molecule has 0 aliphatic heterocycles. The Bertz CT molecular complexity index is 511. The smallest absolute Gasteiger partial charge is 0.161 e. The normalized spacial score (nSPS) is 9.25. The minimum Gasteiger partial charge on any atom is -0.294 e. The molecule has 0 spiro atoms. The Balaban J connectivity index is 3.23. The molecular formula is C11H9N3OS. The fourth-order valence-corrected chi connectivity index (χ4v) is 1.89. The van der Waals surface area contributed by atoms with Crippen LogP contribution >= 0.6 is 11.8 Å². The molecular weight excluding hydrogens is 222 g/mol. The van der Waals surface area contributed by atoms with Gasteiger partial charge < -0.3 is 0 Å². The SMILES string of the molecule is CC(=O)c1cc(C#N)c(SCC#N)nc1C. The van der Waals surface area contributed by atoms with Crippen LogP contribution in [-0.2, 0) is 0 Å². The van der Waals surface area contributed by atoms with Gasteiger partial charge in [0.25, 0.3) is 0 Å². The van der Waals surface area contributed by atoms with Gasteiger partial charge in [-0.25, -0.2) is 4.98 Å². The minimum absolute atomic E-state index is 0.113. The van der Waals surface area contributed by atoms with E-state index in [1.54, 1.807) is 6.92 Å². The molecule has 0 aliphatic rings. The lowest BCUT2D eigenvalue weighted by Crippen LogP contribution is -2.02. The van der Waals surface area contributed by atoms with E-state index < -0.39 is 0 Å². The van der Waals surface area contributed by atoms with Gasteiger partial charge in [-0.1, -0.05) is 11.8 Å². The molecule has 0 saturated carbocycles. The predicted octanol–water partition coefficient (Wildman–Crippen LogP) is 2.08. The molecule has 80 valence electrons. The number of carbonyl (C=O) groups is 1. The highest BCUT2D eigenvalue weighted by molar-refractivity contribution is 7.99. The summed E-state index contributed by atoms with van der Waals surface area (Å²) >= 11 is 1.20. The van der Waals surface area contributed by atoms with Gasteiger partial charge >= 0.3 is 0 Å². The van der Waals surface area contributed by atoms with Crippen molar-refractivity contribution in [2.75, 3.05) is 5.75 Å². The van der Waals surface area contributed by atoms with Gasteiger partial charge in [-0.15, -0.1) is 0 Å². The van der Waals surface area contributed by atoms with Crippen molar-refractivity contribution in [3.8, 4) is 12.1 Å². The highest BCUT2D eigenvalue weighted by Crippen LogP contribution is 2.22. The van der Waals surface area contributed by atoms with Gasteiger partial charge in [0, 0.05) is 11.3 Å². The first-order valence-corrected chi connectivity index (χ1v) is 5.51. The molecule has 4 nitrogen and oxygen atoms in total. The molecule has 0 atom stereocenters. The zero-order valence-electron chi connectivity index (χ0n) is 8.94. The number of aromatic nitrogens is 1. The highest BCUT2D eigenvalue weighted by Gasteiger charge is 2.12.